The molecule has 1 aromatic rings. The van der Waals surface area contributed by atoms with Gasteiger partial charge in [0.25, 0.3) is 0 Å². The van der Waals surface area contributed by atoms with Crippen LogP contribution in [0.2, 0.25) is 0 Å². The molecule has 0 spiro atoms. The first-order chi connectivity index (χ1) is 7.79. The monoisotopic (exact) mass is 241 g/mol. The van der Waals surface area contributed by atoms with Crippen molar-refractivity contribution in [2.24, 2.45) is 0 Å². The third-order valence-electron chi connectivity index (χ3n) is 2.44. The zero-order chi connectivity index (χ0) is 11.4. The van der Waals surface area contributed by atoms with E-state index in [1.54, 1.807) is 23.5 Å². The van der Waals surface area contributed by atoms with Crippen LogP contribution >= 0.6 is 11.6 Å². The average Bonchev–Trinajstić information content (AvgIpc) is 2.78. The van der Waals surface area contributed by atoms with Gasteiger partial charge in [0.2, 0.25) is 11.8 Å². The van der Waals surface area contributed by atoms with Crippen LogP contribution in [0.4, 0.5) is 0 Å². The minimum Gasteiger partial charge on any atom is -0.471 e. The number of alkyl halides is 1. The minimum absolute atomic E-state index is 0.0103. The van der Waals surface area contributed by atoms with E-state index >= 15 is 0 Å². The van der Waals surface area contributed by atoms with E-state index in [-0.39, 0.29) is 17.9 Å². The highest BCUT2D eigenvalue weighted by molar-refractivity contribution is 6.27. The number of hydrogen-bond acceptors (Lipinski definition) is 4. The van der Waals surface area contributed by atoms with Gasteiger partial charge in [0.15, 0.2) is 0 Å². The number of carbonyl (C=O) groups is 1. The normalized spacial score (nSPS) is 19.8. The summed E-state index contributed by atoms with van der Waals surface area (Å²) in [5.74, 6) is 0.470. The van der Waals surface area contributed by atoms with E-state index in [0.29, 0.717) is 19.0 Å². The van der Waals surface area contributed by atoms with Gasteiger partial charge in [0, 0.05) is 25.4 Å². The van der Waals surface area contributed by atoms with Gasteiger partial charge in [-0.05, 0) is 0 Å². The molecule has 0 saturated carbocycles. The molecule has 0 aliphatic carbocycles. The van der Waals surface area contributed by atoms with E-state index in [0.717, 1.165) is 6.42 Å². The van der Waals surface area contributed by atoms with E-state index in [2.05, 4.69) is 9.97 Å². The Bertz CT molecular complexity index is 360. The molecule has 1 saturated heterocycles. The molecule has 86 valence electrons. The van der Waals surface area contributed by atoms with Crippen molar-refractivity contribution in [3.05, 3.63) is 18.6 Å². The molecule has 5 nitrogen and oxygen atoms in total. The van der Waals surface area contributed by atoms with Gasteiger partial charge in [0.05, 0.1) is 12.7 Å². The molecule has 6 heteroatoms. The number of aromatic nitrogens is 2. The Labute approximate surface area is 98.4 Å². The summed E-state index contributed by atoms with van der Waals surface area (Å²) in [5.41, 5.74) is 0. The number of carbonyl (C=O) groups excluding carboxylic acids is 1. The molecule has 16 heavy (non-hydrogen) atoms. The Balaban J connectivity index is 1.88. The number of hydrogen-bond donors (Lipinski definition) is 0. The largest absolute Gasteiger partial charge is 0.471 e. The van der Waals surface area contributed by atoms with Crippen molar-refractivity contribution in [1.82, 2.24) is 14.9 Å². The Kier molecular flexibility index (Phi) is 3.56. The predicted octanol–water partition coefficient (Wildman–Crippen LogP) is 0.695. The molecule has 1 amide bonds. The lowest BCUT2D eigenvalue weighted by Gasteiger charge is -2.15. The van der Waals surface area contributed by atoms with Crippen molar-refractivity contribution in [2.45, 2.75) is 12.5 Å². The molecule has 1 atom stereocenters. The van der Waals surface area contributed by atoms with E-state index in [1.165, 1.54) is 0 Å². The molecular formula is C10H12ClN3O2. The van der Waals surface area contributed by atoms with Crippen LogP contribution < -0.4 is 4.74 Å². The Hall–Kier alpha value is -1.36. The summed E-state index contributed by atoms with van der Waals surface area (Å²) in [6.45, 7) is 1.26. The predicted molar refractivity (Wildman–Crippen MR) is 58.4 cm³/mol. The topological polar surface area (TPSA) is 55.3 Å². The third kappa shape index (κ3) is 2.61. The van der Waals surface area contributed by atoms with E-state index in [4.69, 9.17) is 16.3 Å². The van der Waals surface area contributed by atoms with Gasteiger partial charge in [-0.15, -0.1) is 11.6 Å². The summed E-state index contributed by atoms with van der Waals surface area (Å²) in [5, 5.41) is 0. The quantitative estimate of drug-likeness (QED) is 0.731. The third-order valence-corrected chi connectivity index (χ3v) is 2.67. The van der Waals surface area contributed by atoms with Gasteiger partial charge in [0.1, 0.15) is 12.0 Å². The fraction of sp³-hybridized carbons (Fsp3) is 0.500. The zero-order valence-corrected chi connectivity index (χ0v) is 9.43. The maximum atomic E-state index is 11.3. The highest BCUT2D eigenvalue weighted by atomic mass is 35.5. The van der Waals surface area contributed by atoms with E-state index in [1.807, 2.05) is 0 Å². The number of amides is 1. The molecule has 0 bridgehead atoms. The Morgan fingerprint density at radius 2 is 2.50 bits per heavy atom. The number of halogens is 1. The second-order valence-corrected chi connectivity index (χ2v) is 3.81. The van der Waals surface area contributed by atoms with Crippen molar-refractivity contribution < 1.29 is 9.53 Å². The fourth-order valence-electron chi connectivity index (χ4n) is 1.65. The van der Waals surface area contributed by atoms with Crippen LogP contribution in [0.3, 0.4) is 0 Å². The molecule has 1 unspecified atom stereocenters. The molecule has 0 radical (unpaired) electrons. The first-order valence-electron chi connectivity index (χ1n) is 5.06. The van der Waals surface area contributed by atoms with Gasteiger partial charge in [-0.2, -0.15) is 0 Å². The van der Waals surface area contributed by atoms with E-state index < -0.39 is 0 Å². The van der Waals surface area contributed by atoms with E-state index in [9.17, 15) is 4.79 Å². The number of likely N-dealkylation sites (tertiary alicyclic amines) is 1. The molecular weight excluding hydrogens is 230 g/mol. The number of ether oxygens (including phenoxy) is 1. The van der Waals surface area contributed by atoms with Gasteiger partial charge in [-0.1, -0.05) is 0 Å². The van der Waals surface area contributed by atoms with Crippen molar-refractivity contribution in [2.75, 3.05) is 19.0 Å². The van der Waals surface area contributed by atoms with Crippen LogP contribution in [-0.2, 0) is 4.79 Å². The molecule has 0 N–H and O–H groups in total. The number of rotatable bonds is 3. The summed E-state index contributed by atoms with van der Waals surface area (Å²) in [6, 6.07) is 0. The van der Waals surface area contributed by atoms with Crippen molar-refractivity contribution in [3.63, 3.8) is 0 Å². The van der Waals surface area contributed by atoms with Crippen LogP contribution in [0.5, 0.6) is 5.88 Å². The SMILES string of the molecule is O=C(CCl)N1CCC(Oc2cnccn2)C1. The number of nitrogens with zero attached hydrogens (tertiary/aromatic N) is 3. The fourth-order valence-corrected chi connectivity index (χ4v) is 1.82. The van der Waals surface area contributed by atoms with Crippen molar-refractivity contribution >= 4 is 17.5 Å². The van der Waals surface area contributed by atoms with Crippen LogP contribution in [0.25, 0.3) is 0 Å². The lowest BCUT2D eigenvalue weighted by molar-refractivity contribution is -0.127. The van der Waals surface area contributed by atoms with Gasteiger partial charge >= 0.3 is 0 Å². The highest BCUT2D eigenvalue weighted by Crippen LogP contribution is 2.15. The first-order valence-corrected chi connectivity index (χ1v) is 5.59. The van der Waals surface area contributed by atoms with Crippen LogP contribution in [0, 0.1) is 0 Å². The highest BCUT2D eigenvalue weighted by Gasteiger charge is 2.27. The maximum Gasteiger partial charge on any atom is 0.237 e. The Morgan fingerprint density at radius 1 is 1.62 bits per heavy atom. The van der Waals surface area contributed by atoms with Crippen LogP contribution in [0.1, 0.15) is 6.42 Å². The minimum atomic E-state index is -0.0492. The second kappa shape index (κ2) is 5.12. The van der Waals surface area contributed by atoms with Crippen LogP contribution in [-0.4, -0.2) is 45.8 Å². The smallest absolute Gasteiger partial charge is 0.237 e. The molecule has 1 aliphatic rings. The van der Waals surface area contributed by atoms with Gasteiger partial charge < -0.3 is 9.64 Å². The summed E-state index contributed by atoms with van der Waals surface area (Å²) >= 11 is 5.49. The first kappa shape index (κ1) is 11.1. The lowest BCUT2D eigenvalue weighted by atomic mass is 10.3. The Morgan fingerprint density at radius 3 is 3.19 bits per heavy atom. The van der Waals surface area contributed by atoms with Gasteiger partial charge in [-0.3, -0.25) is 9.78 Å². The summed E-state index contributed by atoms with van der Waals surface area (Å²) < 4.78 is 5.59. The molecule has 2 rings (SSSR count). The molecule has 1 aliphatic heterocycles. The molecule has 1 aromatic heterocycles. The molecule has 1 fully saturated rings. The summed E-state index contributed by atoms with van der Waals surface area (Å²) in [4.78, 5) is 21.0. The summed E-state index contributed by atoms with van der Waals surface area (Å²) in [7, 11) is 0. The van der Waals surface area contributed by atoms with Crippen LogP contribution in [0.15, 0.2) is 18.6 Å². The maximum absolute atomic E-state index is 11.3. The standard InChI is InChI=1S/C10H12ClN3O2/c11-5-10(15)14-4-1-8(7-14)16-9-6-12-2-3-13-9/h2-3,6,8H,1,4-5,7H2. The van der Waals surface area contributed by atoms with Crippen molar-refractivity contribution in [1.29, 1.82) is 0 Å². The molecule has 0 aromatic carbocycles. The van der Waals surface area contributed by atoms with Gasteiger partial charge in [-0.25, -0.2) is 4.98 Å². The summed E-state index contributed by atoms with van der Waals surface area (Å²) in [6.07, 6.45) is 5.52. The second-order valence-electron chi connectivity index (χ2n) is 3.55. The van der Waals surface area contributed by atoms with Crippen molar-refractivity contribution in [3.8, 4) is 5.88 Å². The lowest BCUT2D eigenvalue weighted by Crippen LogP contribution is -2.31. The zero-order valence-electron chi connectivity index (χ0n) is 8.67. The average molecular weight is 242 g/mol. The molecule has 2 heterocycles.